The zero-order chi connectivity index (χ0) is 18.5. The van der Waals surface area contributed by atoms with E-state index >= 15 is 0 Å². The van der Waals surface area contributed by atoms with Gasteiger partial charge >= 0.3 is 0 Å². The lowest BCUT2D eigenvalue weighted by atomic mass is 10.1. The highest BCUT2D eigenvalue weighted by Gasteiger charge is 2.27. The van der Waals surface area contributed by atoms with Gasteiger partial charge in [-0.2, -0.15) is 0 Å². The third-order valence-electron chi connectivity index (χ3n) is 4.11. The molecule has 0 spiro atoms. The fourth-order valence-electron chi connectivity index (χ4n) is 2.68. The van der Waals surface area contributed by atoms with E-state index in [4.69, 9.17) is 0 Å². The molecule has 1 aliphatic heterocycles. The van der Waals surface area contributed by atoms with Gasteiger partial charge < -0.3 is 16.0 Å². The molecule has 0 fully saturated rings. The monoisotopic (exact) mass is 355 g/mol. The van der Waals surface area contributed by atoms with Gasteiger partial charge in [0.25, 0.3) is 5.91 Å². The van der Waals surface area contributed by atoms with Gasteiger partial charge in [0.05, 0.1) is 11.3 Å². The molecule has 7 heteroatoms. The van der Waals surface area contributed by atoms with Crippen LogP contribution < -0.4 is 16.0 Å². The van der Waals surface area contributed by atoms with E-state index in [9.17, 15) is 18.8 Å². The number of carbonyl (C=O) groups is 3. The van der Waals surface area contributed by atoms with Gasteiger partial charge in [-0.05, 0) is 36.2 Å². The summed E-state index contributed by atoms with van der Waals surface area (Å²) < 4.78 is 12.9. The number of para-hydroxylation sites is 1. The van der Waals surface area contributed by atoms with Crippen LogP contribution in [-0.2, 0) is 16.1 Å². The van der Waals surface area contributed by atoms with Gasteiger partial charge in [-0.15, -0.1) is 0 Å². The van der Waals surface area contributed by atoms with Gasteiger partial charge in [0.1, 0.15) is 11.9 Å². The number of carbonyl (C=O) groups excluding carboxylic acids is 3. The smallest absolute Gasteiger partial charge is 0.254 e. The summed E-state index contributed by atoms with van der Waals surface area (Å²) in [5.74, 6) is -1.29. The van der Waals surface area contributed by atoms with Gasteiger partial charge in [-0.3, -0.25) is 14.4 Å². The minimum absolute atomic E-state index is 0.0793. The van der Waals surface area contributed by atoms with Crippen molar-refractivity contribution in [2.24, 2.45) is 0 Å². The summed E-state index contributed by atoms with van der Waals surface area (Å²) in [5.41, 5.74) is 1.62. The van der Waals surface area contributed by atoms with Crippen molar-refractivity contribution in [1.82, 2.24) is 10.6 Å². The SMILES string of the molecule is O=C(CC[C@H]1NC(=O)c2ccccc2NC1=O)NCc1ccc(F)cc1. The molecule has 0 unspecified atom stereocenters. The second kappa shape index (κ2) is 7.77. The minimum Gasteiger partial charge on any atom is -0.352 e. The van der Waals surface area contributed by atoms with Crippen molar-refractivity contribution in [3.8, 4) is 0 Å². The molecule has 3 N–H and O–H groups in total. The quantitative estimate of drug-likeness (QED) is 0.766. The average molecular weight is 355 g/mol. The van der Waals surface area contributed by atoms with E-state index in [0.717, 1.165) is 5.56 Å². The summed E-state index contributed by atoms with van der Waals surface area (Å²) >= 11 is 0. The van der Waals surface area contributed by atoms with Crippen molar-refractivity contribution in [3.63, 3.8) is 0 Å². The zero-order valence-corrected chi connectivity index (χ0v) is 13.9. The molecule has 3 rings (SSSR count). The Labute approximate surface area is 149 Å². The number of benzene rings is 2. The Morgan fingerprint density at radius 1 is 1.08 bits per heavy atom. The topological polar surface area (TPSA) is 87.3 Å². The van der Waals surface area contributed by atoms with E-state index in [1.165, 1.54) is 12.1 Å². The third kappa shape index (κ3) is 4.24. The number of fused-ring (bicyclic) bond motifs is 1. The Balaban J connectivity index is 1.52. The van der Waals surface area contributed by atoms with Crippen molar-refractivity contribution in [3.05, 3.63) is 65.5 Å². The maximum atomic E-state index is 12.9. The standard InChI is InChI=1S/C19H18FN3O3/c20-13-7-5-12(6-8-13)11-21-17(24)10-9-16-19(26)22-15-4-2-1-3-14(15)18(25)23-16/h1-8,16H,9-11H2,(H,21,24)(H,22,26)(H,23,25)/t16-/m1/s1. The predicted molar refractivity (Wildman–Crippen MR) is 93.8 cm³/mol. The second-order valence-corrected chi connectivity index (χ2v) is 6.00. The lowest BCUT2D eigenvalue weighted by molar-refractivity contribution is -0.122. The van der Waals surface area contributed by atoms with E-state index in [-0.39, 0.29) is 42.9 Å². The molecule has 0 aromatic heterocycles. The molecule has 3 amide bonds. The first-order chi connectivity index (χ1) is 12.5. The first kappa shape index (κ1) is 17.6. The Morgan fingerprint density at radius 2 is 1.81 bits per heavy atom. The molecule has 6 nitrogen and oxygen atoms in total. The summed E-state index contributed by atoms with van der Waals surface area (Å²) in [6.45, 7) is 0.272. The maximum absolute atomic E-state index is 12.9. The van der Waals surface area contributed by atoms with Crippen LogP contribution in [0.4, 0.5) is 10.1 Å². The number of hydrogen-bond donors (Lipinski definition) is 3. The summed E-state index contributed by atoms with van der Waals surface area (Å²) in [6.07, 6.45) is 0.261. The lowest BCUT2D eigenvalue weighted by Crippen LogP contribution is -2.42. The van der Waals surface area contributed by atoms with Crippen LogP contribution in [0.15, 0.2) is 48.5 Å². The lowest BCUT2D eigenvalue weighted by Gasteiger charge is -2.14. The van der Waals surface area contributed by atoms with Gasteiger partial charge in [-0.1, -0.05) is 24.3 Å². The van der Waals surface area contributed by atoms with Gasteiger partial charge in [0.2, 0.25) is 11.8 Å². The second-order valence-electron chi connectivity index (χ2n) is 6.00. The van der Waals surface area contributed by atoms with Crippen LogP contribution in [0.2, 0.25) is 0 Å². The number of rotatable bonds is 5. The van der Waals surface area contributed by atoms with Gasteiger partial charge in [-0.25, -0.2) is 4.39 Å². The van der Waals surface area contributed by atoms with E-state index in [1.807, 2.05) is 0 Å². The van der Waals surface area contributed by atoms with Crippen molar-refractivity contribution < 1.29 is 18.8 Å². The molecule has 26 heavy (non-hydrogen) atoms. The maximum Gasteiger partial charge on any atom is 0.254 e. The van der Waals surface area contributed by atoms with Crippen molar-refractivity contribution in [1.29, 1.82) is 0 Å². The van der Waals surface area contributed by atoms with Gasteiger partial charge in [0, 0.05) is 13.0 Å². The Hall–Kier alpha value is -3.22. The Morgan fingerprint density at radius 3 is 2.58 bits per heavy atom. The molecule has 0 bridgehead atoms. The van der Waals surface area contributed by atoms with E-state index < -0.39 is 6.04 Å². The number of amides is 3. The van der Waals surface area contributed by atoms with E-state index in [1.54, 1.807) is 36.4 Å². The molecule has 0 saturated carbocycles. The van der Waals surface area contributed by atoms with Crippen LogP contribution in [-0.4, -0.2) is 23.8 Å². The number of halogens is 1. The van der Waals surface area contributed by atoms with Crippen LogP contribution in [0.1, 0.15) is 28.8 Å². The molecular formula is C19H18FN3O3. The van der Waals surface area contributed by atoms with Crippen molar-refractivity contribution in [2.45, 2.75) is 25.4 Å². The summed E-state index contributed by atoms with van der Waals surface area (Å²) in [7, 11) is 0. The van der Waals surface area contributed by atoms with Crippen LogP contribution in [0.3, 0.4) is 0 Å². The molecule has 1 aliphatic rings. The average Bonchev–Trinajstić information content (AvgIpc) is 2.76. The molecule has 0 saturated heterocycles. The molecule has 0 aliphatic carbocycles. The highest BCUT2D eigenvalue weighted by atomic mass is 19.1. The van der Waals surface area contributed by atoms with Crippen LogP contribution in [0, 0.1) is 5.82 Å². The van der Waals surface area contributed by atoms with Crippen LogP contribution in [0.5, 0.6) is 0 Å². The first-order valence-electron chi connectivity index (χ1n) is 8.25. The summed E-state index contributed by atoms with van der Waals surface area (Å²) in [5, 5.41) is 8.06. The minimum atomic E-state index is -0.786. The zero-order valence-electron chi connectivity index (χ0n) is 13.9. The van der Waals surface area contributed by atoms with Crippen LogP contribution in [0.25, 0.3) is 0 Å². The molecule has 134 valence electrons. The van der Waals surface area contributed by atoms with Gasteiger partial charge in [0.15, 0.2) is 0 Å². The summed E-state index contributed by atoms with van der Waals surface area (Å²) in [4.78, 5) is 36.5. The highest BCUT2D eigenvalue weighted by molar-refractivity contribution is 6.09. The van der Waals surface area contributed by atoms with E-state index in [0.29, 0.717) is 11.3 Å². The van der Waals surface area contributed by atoms with Crippen molar-refractivity contribution >= 4 is 23.4 Å². The van der Waals surface area contributed by atoms with E-state index in [2.05, 4.69) is 16.0 Å². The number of hydrogen-bond acceptors (Lipinski definition) is 3. The molecule has 0 radical (unpaired) electrons. The molecule has 2 aromatic rings. The molecule has 1 atom stereocenters. The van der Waals surface area contributed by atoms with Crippen LogP contribution >= 0.6 is 0 Å². The highest BCUT2D eigenvalue weighted by Crippen LogP contribution is 2.19. The third-order valence-corrected chi connectivity index (χ3v) is 4.11. The fourth-order valence-corrected chi connectivity index (χ4v) is 2.68. The molecular weight excluding hydrogens is 337 g/mol. The largest absolute Gasteiger partial charge is 0.352 e. The fraction of sp³-hybridized carbons (Fsp3) is 0.211. The summed E-state index contributed by atoms with van der Waals surface area (Å²) in [6, 6.07) is 11.8. The van der Waals surface area contributed by atoms with Crippen molar-refractivity contribution in [2.75, 3.05) is 5.32 Å². The number of nitrogens with one attached hydrogen (secondary N) is 3. The number of anilines is 1. The first-order valence-corrected chi connectivity index (χ1v) is 8.25. The molecule has 1 heterocycles. The Bertz CT molecular complexity index is 836. The normalized spacial score (nSPS) is 16.1. The predicted octanol–water partition coefficient (Wildman–Crippen LogP) is 1.97. The molecule has 2 aromatic carbocycles. The Kier molecular flexibility index (Phi) is 5.26.